The molecule has 2 saturated heterocycles. The summed E-state index contributed by atoms with van der Waals surface area (Å²) in [6.45, 7) is 7.69. The first-order valence-electron chi connectivity index (χ1n) is 10.1. The van der Waals surface area contributed by atoms with Gasteiger partial charge in [0.05, 0.1) is 0 Å². The average molecular weight is 425 g/mol. The van der Waals surface area contributed by atoms with Gasteiger partial charge in [-0.1, -0.05) is 12.1 Å². The summed E-state index contributed by atoms with van der Waals surface area (Å²) in [5, 5.41) is 4.54. The second-order valence-electron chi connectivity index (χ2n) is 8.16. The van der Waals surface area contributed by atoms with Crippen LogP contribution in [0.3, 0.4) is 0 Å². The maximum Gasteiger partial charge on any atom is 0.322 e. The van der Waals surface area contributed by atoms with Gasteiger partial charge in [-0.3, -0.25) is 14.9 Å². The molecule has 2 N–H and O–H groups in total. The van der Waals surface area contributed by atoms with Gasteiger partial charge in [0.1, 0.15) is 17.2 Å². The van der Waals surface area contributed by atoms with Crippen molar-refractivity contribution in [1.82, 2.24) is 20.5 Å². The van der Waals surface area contributed by atoms with Crippen LogP contribution in [0.15, 0.2) is 30.5 Å². The maximum atomic E-state index is 14.8. The molecular weight excluding hydrogens is 401 g/mol. The van der Waals surface area contributed by atoms with Crippen LogP contribution in [-0.4, -0.2) is 53.9 Å². The number of imide groups is 1. The molecule has 1 atom stereocenters. The molecule has 2 aliphatic rings. The number of carbonyl (C=O) groups excluding carboxylic acids is 3. The average Bonchev–Trinajstić information content (AvgIpc) is 2.99. The van der Waals surface area contributed by atoms with E-state index in [2.05, 4.69) is 26.6 Å². The Morgan fingerprint density at radius 3 is 2.42 bits per heavy atom. The Bertz CT molecular complexity index is 1080. The first-order chi connectivity index (χ1) is 14.7. The minimum absolute atomic E-state index is 0.0122. The summed E-state index contributed by atoms with van der Waals surface area (Å²) in [6, 6.07) is 5.39. The summed E-state index contributed by atoms with van der Waals surface area (Å²) in [5.41, 5.74) is 0.900. The summed E-state index contributed by atoms with van der Waals surface area (Å²) >= 11 is 0. The highest BCUT2D eigenvalue weighted by Gasteiger charge is 2.45. The molecule has 2 aliphatic heterocycles. The van der Waals surface area contributed by atoms with Crippen LogP contribution in [0.1, 0.15) is 34.0 Å². The monoisotopic (exact) mass is 425 g/mol. The number of aromatic nitrogens is 1. The molecule has 9 heteroatoms. The van der Waals surface area contributed by atoms with E-state index in [9.17, 15) is 18.8 Å². The molecule has 4 amide bonds. The lowest BCUT2D eigenvalue weighted by molar-refractivity contribution is -0.123. The van der Waals surface area contributed by atoms with Crippen LogP contribution in [0.5, 0.6) is 0 Å². The van der Waals surface area contributed by atoms with Crippen LogP contribution in [0, 0.1) is 19.7 Å². The number of amides is 4. The molecule has 1 aromatic carbocycles. The molecule has 162 valence electrons. The third kappa shape index (κ3) is 3.71. The van der Waals surface area contributed by atoms with E-state index in [1.165, 1.54) is 19.1 Å². The topological polar surface area (TPSA) is 94.6 Å². The van der Waals surface area contributed by atoms with Crippen LogP contribution in [0.4, 0.5) is 15.0 Å². The van der Waals surface area contributed by atoms with Crippen molar-refractivity contribution in [3.8, 4) is 0 Å². The third-order valence-corrected chi connectivity index (χ3v) is 5.85. The molecule has 0 unspecified atom stereocenters. The van der Waals surface area contributed by atoms with Crippen molar-refractivity contribution in [1.29, 1.82) is 0 Å². The fourth-order valence-corrected chi connectivity index (χ4v) is 4.13. The van der Waals surface area contributed by atoms with Crippen LogP contribution >= 0.6 is 0 Å². The minimum atomic E-state index is -1.51. The van der Waals surface area contributed by atoms with Crippen molar-refractivity contribution in [2.24, 2.45) is 0 Å². The molecule has 3 heterocycles. The van der Waals surface area contributed by atoms with E-state index in [4.69, 9.17) is 0 Å². The van der Waals surface area contributed by atoms with E-state index in [1.54, 1.807) is 4.90 Å². The van der Waals surface area contributed by atoms with E-state index >= 15 is 0 Å². The number of nitrogens with zero attached hydrogens (tertiary/aromatic N) is 3. The van der Waals surface area contributed by atoms with Crippen molar-refractivity contribution < 1.29 is 18.8 Å². The molecular formula is C22H24FN5O3. The van der Waals surface area contributed by atoms with Crippen molar-refractivity contribution >= 4 is 23.7 Å². The molecule has 1 aromatic heterocycles. The number of anilines is 1. The number of nitrogens with one attached hydrogen (secondary N) is 2. The van der Waals surface area contributed by atoms with Gasteiger partial charge in [0.15, 0.2) is 0 Å². The van der Waals surface area contributed by atoms with E-state index in [1.807, 2.05) is 20.0 Å². The number of benzene rings is 1. The summed E-state index contributed by atoms with van der Waals surface area (Å²) in [6.07, 6.45) is 1.83. The van der Waals surface area contributed by atoms with Gasteiger partial charge in [-0.15, -0.1) is 0 Å². The SMILES string of the molecule is Cc1cnc(N2CCN(C(=O)c3ccc([C@]4(C)NC(=O)NC4=O)c(F)c3)CC2)c(C)c1. The van der Waals surface area contributed by atoms with Gasteiger partial charge in [0.25, 0.3) is 11.8 Å². The number of hydrogen-bond acceptors (Lipinski definition) is 5. The summed E-state index contributed by atoms with van der Waals surface area (Å²) in [7, 11) is 0. The second-order valence-corrected chi connectivity index (χ2v) is 8.16. The van der Waals surface area contributed by atoms with Gasteiger partial charge in [0, 0.05) is 43.5 Å². The first kappa shape index (κ1) is 20.8. The molecule has 8 nitrogen and oxygen atoms in total. The van der Waals surface area contributed by atoms with Crippen LogP contribution in [-0.2, 0) is 10.3 Å². The van der Waals surface area contributed by atoms with Crippen molar-refractivity contribution in [3.05, 3.63) is 58.5 Å². The molecule has 0 aliphatic carbocycles. The second kappa shape index (κ2) is 7.64. The fraction of sp³-hybridized carbons (Fsp3) is 0.364. The normalized spacial score (nSPS) is 21.2. The van der Waals surface area contributed by atoms with Crippen molar-refractivity contribution in [2.45, 2.75) is 26.3 Å². The minimum Gasteiger partial charge on any atom is -0.353 e. The highest BCUT2D eigenvalue weighted by atomic mass is 19.1. The molecule has 4 rings (SSSR count). The Kier molecular flexibility index (Phi) is 5.12. The molecule has 0 radical (unpaired) electrons. The predicted octanol–water partition coefficient (Wildman–Crippen LogP) is 1.85. The number of halogens is 1. The zero-order chi connectivity index (χ0) is 22.3. The Morgan fingerprint density at radius 2 is 1.84 bits per heavy atom. The Labute approximate surface area is 179 Å². The van der Waals surface area contributed by atoms with Gasteiger partial charge in [0.2, 0.25) is 0 Å². The van der Waals surface area contributed by atoms with Crippen LogP contribution in [0.25, 0.3) is 0 Å². The van der Waals surface area contributed by atoms with Gasteiger partial charge < -0.3 is 15.1 Å². The number of aryl methyl sites for hydroxylation is 2. The maximum absolute atomic E-state index is 14.8. The summed E-state index contributed by atoms with van der Waals surface area (Å²) in [4.78, 5) is 44.8. The summed E-state index contributed by atoms with van der Waals surface area (Å²) in [5.74, 6) is -0.711. The first-order valence-corrected chi connectivity index (χ1v) is 10.1. The lowest BCUT2D eigenvalue weighted by Crippen LogP contribution is -2.49. The third-order valence-electron chi connectivity index (χ3n) is 5.85. The van der Waals surface area contributed by atoms with Gasteiger partial charge in [-0.2, -0.15) is 0 Å². The van der Waals surface area contributed by atoms with E-state index < -0.39 is 23.3 Å². The van der Waals surface area contributed by atoms with Gasteiger partial charge in [-0.25, -0.2) is 14.2 Å². The van der Waals surface area contributed by atoms with Crippen LogP contribution < -0.4 is 15.5 Å². The lowest BCUT2D eigenvalue weighted by Gasteiger charge is -2.36. The molecule has 2 aromatic rings. The lowest BCUT2D eigenvalue weighted by atomic mass is 9.91. The molecule has 31 heavy (non-hydrogen) atoms. The zero-order valence-corrected chi connectivity index (χ0v) is 17.7. The van der Waals surface area contributed by atoms with Crippen LogP contribution in [0.2, 0.25) is 0 Å². The summed E-state index contributed by atoms with van der Waals surface area (Å²) < 4.78 is 14.8. The number of rotatable bonds is 3. The fourth-order valence-electron chi connectivity index (χ4n) is 4.13. The molecule has 0 bridgehead atoms. The number of carbonyl (C=O) groups is 3. The van der Waals surface area contributed by atoms with E-state index in [-0.39, 0.29) is 17.0 Å². The Hall–Kier alpha value is -3.49. The van der Waals surface area contributed by atoms with Crippen molar-refractivity contribution in [2.75, 3.05) is 31.1 Å². The largest absolute Gasteiger partial charge is 0.353 e. The van der Waals surface area contributed by atoms with Crippen molar-refractivity contribution in [3.63, 3.8) is 0 Å². The standard InChI is InChI=1S/C22H24FN5O3/c1-13-10-14(2)18(24-12-13)27-6-8-28(9-7-27)19(29)15-4-5-16(17(23)11-15)22(3)20(30)25-21(31)26-22/h4-5,10-12H,6-9H2,1-3H3,(H2,25,26,30,31)/t22-/m0/s1. The smallest absolute Gasteiger partial charge is 0.322 e. The quantitative estimate of drug-likeness (QED) is 0.732. The molecule has 2 fully saturated rings. The van der Waals surface area contributed by atoms with Gasteiger partial charge in [-0.05, 0) is 44.0 Å². The Balaban J connectivity index is 1.46. The number of urea groups is 1. The van der Waals surface area contributed by atoms with Gasteiger partial charge >= 0.3 is 6.03 Å². The Morgan fingerprint density at radius 1 is 1.13 bits per heavy atom. The molecule has 0 saturated carbocycles. The molecule has 0 spiro atoms. The number of hydrogen-bond donors (Lipinski definition) is 2. The highest BCUT2D eigenvalue weighted by Crippen LogP contribution is 2.28. The number of piperazine rings is 1. The highest BCUT2D eigenvalue weighted by molar-refractivity contribution is 6.07. The van der Waals surface area contributed by atoms with E-state index in [0.29, 0.717) is 26.2 Å². The zero-order valence-electron chi connectivity index (χ0n) is 17.7. The number of pyridine rings is 1. The predicted molar refractivity (Wildman–Crippen MR) is 112 cm³/mol. The van der Waals surface area contributed by atoms with E-state index in [0.717, 1.165) is 23.0 Å².